The molecular weight excluding hydrogens is 278 g/mol. The van der Waals surface area contributed by atoms with Crippen LogP contribution in [0.2, 0.25) is 0 Å². The number of halogens is 2. The van der Waals surface area contributed by atoms with E-state index < -0.39 is 29.0 Å². The van der Waals surface area contributed by atoms with Gasteiger partial charge >= 0.3 is 0 Å². The van der Waals surface area contributed by atoms with Crippen molar-refractivity contribution in [1.29, 1.82) is 0 Å². The average Bonchev–Trinajstić information content (AvgIpc) is 2.48. The van der Waals surface area contributed by atoms with Gasteiger partial charge in [0.1, 0.15) is 17.4 Å². The summed E-state index contributed by atoms with van der Waals surface area (Å²) >= 11 is 0. The van der Waals surface area contributed by atoms with Gasteiger partial charge in [-0.1, -0.05) is 6.92 Å². The molecule has 108 valence electrons. The Kier molecular flexibility index (Phi) is 4.12. The van der Waals surface area contributed by atoms with Crippen molar-refractivity contribution in [3.05, 3.63) is 64.7 Å². The Morgan fingerprint density at radius 1 is 1.00 bits per heavy atom. The van der Waals surface area contributed by atoms with Crippen molar-refractivity contribution in [2.24, 2.45) is 0 Å². The highest BCUT2D eigenvalue weighted by Gasteiger charge is 2.21. The van der Waals surface area contributed by atoms with Crippen molar-refractivity contribution in [3.8, 4) is 5.75 Å². The summed E-state index contributed by atoms with van der Waals surface area (Å²) in [6, 6.07) is 6.37. The van der Waals surface area contributed by atoms with Crippen LogP contribution in [-0.2, 0) is 0 Å². The van der Waals surface area contributed by atoms with Crippen molar-refractivity contribution >= 4 is 11.6 Å². The summed E-state index contributed by atoms with van der Waals surface area (Å²) in [6.45, 7) is 1.56. The van der Waals surface area contributed by atoms with Gasteiger partial charge in [0.15, 0.2) is 11.6 Å². The van der Waals surface area contributed by atoms with E-state index >= 15 is 0 Å². The molecule has 2 rings (SSSR count). The molecule has 0 saturated carbocycles. The minimum Gasteiger partial charge on any atom is -0.506 e. The van der Waals surface area contributed by atoms with E-state index in [1.165, 1.54) is 12.1 Å². The Hall–Kier alpha value is -2.56. The van der Waals surface area contributed by atoms with Crippen LogP contribution >= 0.6 is 0 Å². The maximum atomic E-state index is 13.6. The Morgan fingerprint density at radius 3 is 2.14 bits per heavy atom. The second kappa shape index (κ2) is 5.83. The molecular formula is C16H12F2O3. The number of Topliss-reactive ketones (excluding diaryl/α,β-unsaturated/α-hetero) is 1. The van der Waals surface area contributed by atoms with Crippen LogP contribution in [0, 0.1) is 11.6 Å². The van der Waals surface area contributed by atoms with E-state index in [9.17, 15) is 23.5 Å². The highest BCUT2D eigenvalue weighted by atomic mass is 19.1. The SMILES string of the molecule is CCC(=O)c1cc(F)cc(C(=O)c2ccc(F)cc2)c1O. The number of hydrogen-bond donors (Lipinski definition) is 1. The number of hydrogen-bond acceptors (Lipinski definition) is 3. The van der Waals surface area contributed by atoms with Crippen molar-refractivity contribution in [2.75, 3.05) is 0 Å². The van der Waals surface area contributed by atoms with Gasteiger partial charge in [-0.25, -0.2) is 8.78 Å². The van der Waals surface area contributed by atoms with Gasteiger partial charge in [-0.2, -0.15) is 0 Å². The zero-order chi connectivity index (χ0) is 15.6. The zero-order valence-electron chi connectivity index (χ0n) is 11.2. The highest BCUT2D eigenvalue weighted by Crippen LogP contribution is 2.27. The number of carbonyl (C=O) groups is 2. The molecule has 0 unspecified atom stereocenters. The van der Waals surface area contributed by atoms with Crippen LogP contribution in [0.3, 0.4) is 0 Å². The van der Waals surface area contributed by atoms with Gasteiger partial charge in [0.05, 0.1) is 11.1 Å². The molecule has 0 amide bonds. The number of rotatable bonds is 4. The lowest BCUT2D eigenvalue weighted by Gasteiger charge is -2.08. The highest BCUT2D eigenvalue weighted by molar-refractivity contribution is 6.13. The largest absolute Gasteiger partial charge is 0.506 e. The summed E-state index contributed by atoms with van der Waals surface area (Å²) in [7, 11) is 0. The first-order chi connectivity index (χ1) is 9.93. The third kappa shape index (κ3) is 2.97. The van der Waals surface area contributed by atoms with Crippen molar-refractivity contribution in [2.45, 2.75) is 13.3 Å². The molecule has 0 atom stereocenters. The lowest BCUT2D eigenvalue weighted by Crippen LogP contribution is -2.07. The molecule has 0 aliphatic heterocycles. The third-order valence-electron chi connectivity index (χ3n) is 3.05. The lowest BCUT2D eigenvalue weighted by molar-refractivity contribution is 0.0985. The molecule has 0 spiro atoms. The fourth-order valence-corrected chi connectivity index (χ4v) is 1.93. The monoisotopic (exact) mass is 290 g/mol. The van der Waals surface area contributed by atoms with E-state index in [0.717, 1.165) is 24.3 Å². The Balaban J connectivity index is 2.53. The van der Waals surface area contributed by atoms with E-state index in [2.05, 4.69) is 0 Å². The van der Waals surface area contributed by atoms with Gasteiger partial charge in [-0.3, -0.25) is 9.59 Å². The summed E-state index contributed by atoms with van der Waals surface area (Å²) in [5.41, 5.74) is -0.464. The van der Waals surface area contributed by atoms with Crippen molar-refractivity contribution < 1.29 is 23.5 Å². The molecule has 0 radical (unpaired) electrons. The second-order valence-corrected chi connectivity index (χ2v) is 4.46. The minimum absolute atomic E-state index is 0.0706. The number of aromatic hydroxyl groups is 1. The predicted octanol–water partition coefficient (Wildman–Crippen LogP) is 3.49. The molecule has 0 saturated heterocycles. The van der Waals surface area contributed by atoms with Crippen LogP contribution in [0.5, 0.6) is 5.75 Å². The number of ketones is 2. The van der Waals surface area contributed by atoms with Gasteiger partial charge in [-0.05, 0) is 36.4 Å². The van der Waals surface area contributed by atoms with Crippen LogP contribution in [0.15, 0.2) is 36.4 Å². The molecule has 5 heteroatoms. The standard InChI is InChI=1S/C16H12F2O3/c1-2-14(19)12-7-11(18)8-13(16(12)21)15(20)9-3-5-10(17)6-4-9/h3-8,21H,2H2,1H3. The molecule has 0 fully saturated rings. The molecule has 2 aromatic rings. The van der Waals surface area contributed by atoms with Gasteiger partial charge in [-0.15, -0.1) is 0 Å². The lowest BCUT2D eigenvalue weighted by atomic mass is 9.97. The van der Waals surface area contributed by atoms with Crippen molar-refractivity contribution in [3.63, 3.8) is 0 Å². The number of phenolic OH excluding ortho intramolecular Hbond substituents is 1. The van der Waals surface area contributed by atoms with Gasteiger partial charge in [0.2, 0.25) is 0 Å². The van der Waals surface area contributed by atoms with E-state index in [-0.39, 0.29) is 23.1 Å². The van der Waals surface area contributed by atoms with Crippen LogP contribution in [0.4, 0.5) is 8.78 Å². The smallest absolute Gasteiger partial charge is 0.196 e. The van der Waals surface area contributed by atoms with E-state index in [0.29, 0.717) is 0 Å². The van der Waals surface area contributed by atoms with Crippen LogP contribution < -0.4 is 0 Å². The van der Waals surface area contributed by atoms with Gasteiger partial charge in [0, 0.05) is 12.0 Å². The fraction of sp³-hybridized carbons (Fsp3) is 0.125. The molecule has 0 aromatic heterocycles. The van der Waals surface area contributed by atoms with Crippen LogP contribution in [-0.4, -0.2) is 16.7 Å². The second-order valence-electron chi connectivity index (χ2n) is 4.46. The van der Waals surface area contributed by atoms with Gasteiger partial charge < -0.3 is 5.11 Å². The molecule has 21 heavy (non-hydrogen) atoms. The van der Waals surface area contributed by atoms with Crippen LogP contribution in [0.1, 0.15) is 39.6 Å². The Labute approximate surface area is 119 Å². The summed E-state index contributed by atoms with van der Waals surface area (Å²) in [6.07, 6.45) is 0.0706. The van der Waals surface area contributed by atoms with Crippen LogP contribution in [0.25, 0.3) is 0 Å². The maximum Gasteiger partial charge on any atom is 0.196 e. The van der Waals surface area contributed by atoms with Crippen molar-refractivity contribution in [1.82, 2.24) is 0 Å². The predicted molar refractivity (Wildman–Crippen MR) is 72.5 cm³/mol. The molecule has 2 aromatic carbocycles. The number of phenols is 1. The topological polar surface area (TPSA) is 54.4 Å². The fourth-order valence-electron chi connectivity index (χ4n) is 1.93. The molecule has 1 N–H and O–H groups in total. The molecule has 0 aliphatic rings. The normalized spacial score (nSPS) is 10.4. The summed E-state index contributed by atoms with van der Waals surface area (Å²) in [5.74, 6) is -3.03. The first kappa shape index (κ1) is 14.8. The average molecular weight is 290 g/mol. The maximum absolute atomic E-state index is 13.6. The third-order valence-corrected chi connectivity index (χ3v) is 3.05. The van der Waals surface area contributed by atoms with E-state index in [1.807, 2.05) is 0 Å². The minimum atomic E-state index is -0.796. The molecule has 0 heterocycles. The summed E-state index contributed by atoms with van der Waals surface area (Å²) in [4.78, 5) is 23.9. The Bertz CT molecular complexity index is 706. The molecule has 0 aliphatic carbocycles. The first-order valence-electron chi connectivity index (χ1n) is 6.30. The zero-order valence-corrected chi connectivity index (χ0v) is 11.2. The first-order valence-corrected chi connectivity index (χ1v) is 6.30. The van der Waals surface area contributed by atoms with E-state index in [1.54, 1.807) is 6.92 Å². The summed E-state index contributed by atoms with van der Waals surface area (Å²) in [5, 5.41) is 10.0. The molecule has 0 bridgehead atoms. The quantitative estimate of drug-likeness (QED) is 0.877. The Morgan fingerprint density at radius 2 is 1.57 bits per heavy atom. The van der Waals surface area contributed by atoms with Gasteiger partial charge in [0.25, 0.3) is 0 Å². The molecule has 3 nitrogen and oxygen atoms in total. The number of carbonyl (C=O) groups excluding carboxylic acids is 2. The summed E-state index contributed by atoms with van der Waals surface area (Å²) < 4.78 is 26.4. The number of benzene rings is 2. The van der Waals surface area contributed by atoms with E-state index in [4.69, 9.17) is 0 Å².